The maximum Gasteiger partial charge on any atom is 0.315 e. The second-order valence-electron chi connectivity index (χ2n) is 6.29. The molecule has 2 heterocycles. The van der Waals surface area contributed by atoms with Gasteiger partial charge in [-0.3, -0.25) is 0 Å². The van der Waals surface area contributed by atoms with Crippen molar-refractivity contribution in [1.82, 2.24) is 15.6 Å². The van der Waals surface area contributed by atoms with Crippen LogP contribution < -0.4 is 20.1 Å². The average Bonchev–Trinajstić information content (AvgIpc) is 3.02. The van der Waals surface area contributed by atoms with E-state index in [0.29, 0.717) is 19.0 Å². The number of hydrogen-bond acceptors (Lipinski definition) is 4. The highest BCUT2D eigenvalue weighted by Crippen LogP contribution is 2.27. The minimum atomic E-state index is -0.220. The predicted octanol–water partition coefficient (Wildman–Crippen LogP) is 2.67. The molecule has 2 amide bonds. The van der Waals surface area contributed by atoms with Crippen LogP contribution in [-0.4, -0.2) is 29.8 Å². The molecule has 2 N–H and O–H groups in total. The zero-order chi connectivity index (χ0) is 17.6. The number of carbonyl (C=O) groups is 1. The molecule has 25 heavy (non-hydrogen) atoms. The van der Waals surface area contributed by atoms with Gasteiger partial charge in [-0.2, -0.15) is 0 Å². The third kappa shape index (κ3) is 4.86. The van der Waals surface area contributed by atoms with E-state index in [1.807, 2.05) is 38.1 Å². The van der Waals surface area contributed by atoms with E-state index in [9.17, 15) is 4.79 Å². The summed E-state index contributed by atoms with van der Waals surface area (Å²) in [5, 5.41) is 5.66. The molecule has 2 aromatic rings. The topological polar surface area (TPSA) is 72.5 Å². The van der Waals surface area contributed by atoms with Crippen molar-refractivity contribution in [3.8, 4) is 11.6 Å². The maximum absolute atomic E-state index is 11.9. The number of pyridine rings is 1. The van der Waals surface area contributed by atoms with Crippen LogP contribution in [0.4, 0.5) is 4.79 Å². The van der Waals surface area contributed by atoms with Gasteiger partial charge in [0, 0.05) is 25.2 Å². The molecular formula is C19H23N3O3. The number of aromatic nitrogens is 1. The molecule has 6 heteroatoms. The van der Waals surface area contributed by atoms with Crippen molar-refractivity contribution in [2.75, 3.05) is 6.54 Å². The molecule has 1 aromatic heterocycles. The van der Waals surface area contributed by atoms with Crippen molar-refractivity contribution in [2.45, 2.75) is 39.0 Å². The Bertz CT molecular complexity index is 691. The standard InChI is InChI=1S/C19H23N3O3/c1-13(2)24-18-8-7-14(10-20-18)11-21-19(23)22-12-16-9-15-5-3-4-6-17(15)25-16/h3-8,10,13,16H,9,11-12H2,1-2H3,(H2,21,22,23)/t16-/m0/s1. The number of amides is 2. The number of nitrogens with zero attached hydrogens (tertiary/aromatic N) is 1. The Hall–Kier alpha value is -2.76. The maximum atomic E-state index is 11.9. The smallest absolute Gasteiger partial charge is 0.315 e. The van der Waals surface area contributed by atoms with Crippen LogP contribution in [0.2, 0.25) is 0 Å². The van der Waals surface area contributed by atoms with Gasteiger partial charge in [-0.1, -0.05) is 24.3 Å². The van der Waals surface area contributed by atoms with Gasteiger partial charge in [0.25, 0.3) is 0 Å². The number of fused-ring (bicyclic) bond motifs is 1. The Balaban J connectivity index is 1.39. The van der Waals surface area contributed by atoms with Crippen molar-refractivity contribution in [3.63, 3.8) is 0 Å². The molecule has 0 unspecified atom stereocenters. The quantitative estimate of drug-likeness (QED) is 0.847. The largest absolute Gasteiger partial charge is 0.488 e. The predicted molar refractivity (Wildman–Crippen MR) is 94.8 cm³/mol. The van der Waals surface area contributed by atoms with Gasteiger partial charge >= 0.3 is 6.03 Å². The van der Waals surface area contributed by atoms with Gasteiger partial charge in [0.2, 0.25) is 5.88 Å². The highest BCUT2D eigenvalue weighted by molar-refractivity contribution is 5.73. The van der Waals surface area contributed by atoms with E-state index in [1.54, 1.807) is 12.3 Å². The first-order valence-electron chi connectivity index (χ1n) is 8.48. The first-order chi connectivity index (χ1) is 12.1. The molecule has 0 aliphatic carbocycles. The third-order valence-corrected chi connectivity index (χ3v) is 3.81. The molecule has 3 rings (SSSR count). The van der Waals surface area contributed by atoms with E-state index in [2.05, 4.69) is 21.7 Å². The van der Waals surface area contributed by atoms with Gasteiger partial charge in [0.1, 0.15) is 11.9 Å². The van der Waals surface area contributed by atoms with Crippen molar-refractivity contribution in [1.29, 1.82) is 0 Å². The van der Waals surface area contributed by atoms with Crippen molar-refractivity contribution >= 4 is 6.03 Å². The van der Waals surface area contributed by atoms with E-state index in [1.165, 1.54) is 5.56 Å². The molecule has 1 aliphatic rings. The fraction of sp³-hybridized carbons (Fsp3) is 0.368. The first-order valence-corrected chi connectivity index (χ1v) is 8.48. The number of nitrogens with one attached hydrogen (secondary N) is 2. The minimum Gasteiger partial charge on any atom is -0.488 e. The summed E-state index contributed by atoms with van der Waals surface area (Å²) in [5.74, 6) is 1.49. The highest BCUT2D eigenvalue weighted by Gasteiger charge is 2.22. The summed E-state index contributed by atoms with van der Waals surface area (Å²) in [5.41, 5.74) is 2.10. The van der Waals surface area contributed by atoms with Gasteiger partial charge in [0.05, 0.1) is 12.6 Å². The fourth-order valence-corrected chi connectivity index (χ4v) is 2.65. The molecule has 0 bridgehead atoms. The summed E-state index contributed by atoms with van der Waals surface area (Å²) in [4.78, 5) is 16.2. The molecule has 0 saturated heterocycles. The molecule has 0 fully saturated rings. The lowest BCUT2D eigenvalue weighted by Crippen LogP contribution is -2.40. The SMILES string of the molecule is CC(C)Oc1ccc(CNC(=O)NC[C@@H]2Cc3ccccc3O2)cn1. The van der Waals surface area contributed by atoms with Crippen LogP contribution in [0.5, 0.6) is 11.6 Å². The minimum absolute atomic E-state index is 0.0164. The number of ether oxygens (including phenoxy) is 2. The second-order valence-corrected chi connectivity index (χ2v) is 6.29. The van der Waals surface area contributed by atoms with E-state index < -0.39 is 0 Å². The first kappa shape index (κ1) is 17.1. The number of para-hydroxylation sites is 1. The second kappa shape index (κ2) is 7.88. The number of urea groups is 1. The van der Waals surface area contributed by atoms with Crippen LogP contribution in [0.1, 0.15) is 25.0 Å². The average molecular weight is 341 g/mol. The molecule has 0 radical (unpaired) electrons. The summed E-state index contributed by atoms with van der Waals surface area (Å²) in [6, 6.07) is 11.4. The normalized spacial score (nSPS) is 15.4. The highest BCUT2D eigenvalue weighted by atomic mass is 16.5. The van der Waals surface area contributed by atoms with E-state index in [0.717, 1.165) is 17.7 Å². The zero-order valence-corrected chi connectivity index (χ0v) is 14.5. The lowest BCUT2D eigenvalue weighted by Gasteiger charge is -2.13. The Kier molecular flexibility index (Phi) is 5.38. The van der Waals surface area contributed by atoms with Crippen molar-refractivity contribution in [2.24, 2.45) is 0 Å². The van der Waals surface area contributed by atoms with Gasteiger partial charge in [0.15, 0.2) is 0 Å². The summed E-state index contributed by atoms with van der Waals surface area (Å²) in [6.45, 7) is 4.79. The van der Waals surface area contributed by atoms with E-state index in [-0.39, 0.29) is 18.2 Å². The molecule has 1 atom stereocenters. The molecular weight excluding hydrogens is 318 g/mol. The van der Waals surface area contributed by atoms with Crippen LogP contribution in [-0.2, 0) is 13.0 Å². The third-order valence-electron chi connectivity index (χ3n) is 3.81. The Labute approximate surface area is 147 Å². The number of rotatable bonds is 6. The van der Waals surface area contributed by atoms with Gasteiger partial charge in [-0.25, -0.2) is 9.78 Å². The monoisotopic (exact) mass is 341 g/mol. The lowest BCUT2D eigenvalue weighted by molar-refractivity contribution is 0.213. The van der Waals surface area contributed by atoms with Crippen LogP contribution in [0.25, 0.3) is 0 Å². The Morgan fingerprint density at radius 3 is 2.84 bits per heavy atom. The molecule has 1 aromatic carbocycles. The molecule has 0 spiro atoms. The zero-order valence-electron chi connectivity index (χ0n) is 14.5. The number of benzene rings is 1. The van der Waals surface area contributed by atoms with Gasteiger partial charge < -0.3 is 20.1 Å². The van der Waals surface area contributed by atoms with Crippen LogP contribution in [0.3, 0.4) is 0 Å². The van der Waals surface area contributed by atoms with Crippen LogP contribution >= 0.6 is 0 Å². The van der Waals surface area contributed by atoms with Crippen LogP contribution in [0.15, 0.2) is 42.6 Å². The molecule has 6 nitrogen and oxygen atoms in total. The van der Waals surface area contributed by atoms with Gasteiger partial charge in [-0.15, -0.1) is 0 Å². The molecule has 0 saturated carbocycles. The van der Waals surface area contributed by atoms with E-state index >= 15 is 0 Å². The van der Waals surface area contributed by atoms with Gasteiger partial charge in [-0.05, 0) is 31.0 Å². The summed E-state index contributed by atoms with van der Waals surface area (Å²) in [7, 11) is 0. The summed E-state index contributed by atoms with van der Waals surface area (Å²) in [6.07, 6.45) is 2.59. The number of carbonyl (C=O) groups excluding carboxylic acids is 1. The molecule has 1 aliphatic heterocycles. The van der Waals surface area contributed by atoms with Crippen LogP contribution in [0, 0.1) is 0 Å². The van der Waals surface area contributed by atoms with Crippen molar-refractivity contribution < 1.29 is 14.3 Å². The van der Waals surface area contributed by atoms with E-state index in [4.69, 9.17) is 9.47 Å². The molecule has 132 valence electrons. The lowest BCUT2D eigenvalue weighted by atomic mass is 10.1. The fourth-order valence-electron chi connectivity index (χ4n) is 2.65. The Morgan fingerprint density at radius 2 is 2.12 bits per heavy atom. The number of hydrogen-bond donors (Lipinski definition) is 2. The summed E-state index contributed by atoms with van der Waals surface area (Å²) >= 11 is 0. The Morgan fingerprint density at radius 1 is 1.28 bits per heavy atom. The van der Waals surface area contributed by atoms with Crippen molar-refractivity contribution in [3.05, 3.63) is 53.7 Å². The summed E-state index contributed by atoms with van der Waals surface area (Å²) < 4.78 is 11.3.